The van der Waals surface area contributed by atoms with E-state index in [1.54, 1.807) is 0 Å². The molecule has 0 bridgehead atoms. The first-order valence-electron chi connectivity index (χ1n) is 5.42. The maximum absolute atomic E-state index is 9.35. The predicted octanol–water partition coefficient (Wildman–Crippen LogP) is 3.50. The van der Waals surface area contributed by atoms with E-state index in [1.807, 2.05) is 25.1 Å². The average molecular weight is 204 g/mol. The van der Waals surface area contributed by atoms with Crippen molar-refractivity contribution in [1.29, 1.82) is 0 Å². The SMILES string of the molecule is CC(O)CC(C)(C)/C=C/c1ccccc1. The second-order valence-electron chi connectivity index (χ2n) is 4.79. The van der Waals surface area contributed by atoms with Crippen LogP contribution in [0.3, 0.4) is 0 Å². The average Bonchev–Trinajstić information content (AvgIpc) is 2.15. The van der Waals surface area contributed by atoms with Crippen LogP contribution in [-0.4, -0.2) is 11.2 Å². The normalized spacial score (nSPS) is 14.4. The molecule has 0 radical (unpaired) electrons. The van der Waals surface area contributed by atoms with Gasteiger partial charge in [-0.2, -0.15) is 0 Å². The molecule has 1 N–H and O–H groups in total. The molecule has 1 aromatic carbocycles. The topological polar surface area (TPSA) is 20.2 Å². The zero-order valence-electron chi connectivity index (χ0n) is 9.77. The lowest BCUT2D eigenvalue weighted by Crippen LogP contribution is -2.15. The minimum Gasteiger partial charge on any atom is -0.393 e. The summed E-state index contributed by atoms with van der Waals surface area (Å²) in [7, 11) is 0. The van der Waals surface area contributed by atoms with Crippen molar-refractivity contribution in [1.82, 2.24) is 0 Å². The Labute approximate surface area is 92.5 Å². The van der Waals surface area contributed by atoms with Crippen molar-refractivity contribution in [3.8, 4) is 0 Å². The summed E-state index contributed by atoms with van der Waals surface area (Å²) in [6.45, 7) is 6.11. The summed E-state index contributed by atoms with van der Waals surface area (Å²) < 4.78 is 0. The van der Waals surface area contributed by atoms with Gasteiger partial charge in [0.05, 0.1) is 6.10 Å². The summed E-state index contributed by atoms with van der Waals surface area (Å²) in [6.07, 6.45) is 4.81. The maximum Gasteiger partial charge on any atom is 0.0520 e. The molecule has 15 heavy (non-hydrogen) atoms. The van der Waals surface area contributed by atoms with E-state index in [1.165, 1.54) is 5.56 Å². The van der Waals surface area contributed by atoms with Crippen molar-refractivity contribution >= 4 is 6.08 Å². The number of aliphatic hydroxyl groups excluding tert-OH is 1. The number of allylic oxidation sites excluding steroid dienone is 1. The second kappa shape index (κ2) is 5.13. The largest absolute Gasteiger partial charge is 0.393 e. The van der Waals surface area contributed by atoms with Crippen LogP contribution in [0.4, 0.5) is 0 Å². The van der Waals surface area contributed by atoms with Gasteiger partial charge in [-0.3, -0.25) is 0 Å². The van der Waals surface area contributed by atoms with Crippen molar-refractivity contribution in [2.75, 3.05) is 0 Å². The van der Waals surface area contributed by atoms with E-state index in [0.717, 1.165) is 6.42 Å². The van der Waals surface area contributed by atoms with Gasteiger partial charge in [0.1, 0.15) is 0 Å². The second-order valence-corrected chi connectivity index (χ2v) is 4.79. The maximum atomic E-state index is 9.35. The van der Waals surface area contributed by atoms with Crippen LogP contribution in [-0.2, 0) is 0 Å². The minimum atomic E-state index is -0.250. The lowest BCUT2D eigenvalue weighted by molar-refractivity contribution is 0.149. The van der Waals surface area contributed by atoms with Gasteiger partial charge in [-0.1, -0.05) is 56.3 Å². The first-order chi connectivity index (χ1) is 6.99. The number of hydrogen-bond acceptors (Lipinski definition) is 1. The highest BCUT2D eigenvalue weighted by molar-refractivity contribution is 5.49. The number of rotatable bonds is 4. The molecule has 0 aliphatic carbocycles. The molecule has 1 aromatic rings. The van der Waals surface area contributed by atoms with E-state index < -0.39 is 0 Å². The van der Waals surface area contributed by atoms with E-state index in [9.17, 15) is 5.11 Å². The smallest absolute Gasteiger partial charge is 0.0520 e. The van der Waals surface area contributed by atoms with E-state index in [2.05, 4.69) is 38.1 Å². The Morgan fingerprint density at radius 2 is 1.87 bits per heavy atom. The lowest BCUT2D eigenvalue weighted by Gasteiger charge is -2.21. The minimum absolute atomic E-state index is 0.0456. The molecule has 82 valence electrons. The molecule has 1 rings (SSSR count). The molecule has 1 unspecified atom stereocenters. The third-order valence-corrected chi connectivity index (χ3v) is 2.35. The first kappa shape index (κ1) is 12.0. The van der Waals surface area contributed by atoms with Gasteiger partial charge in [-0.25, -0.2) is 0 Å². The highest BCUT2D eigenvalue weighted by Gasteiger charge is 2.16. The van der Waals surface area contributed by atoms with Crippen LogP contribution in [0, 0.1) is 5.41 Å². The molecule has 0 saturated heterocycles. The summed E-state index contributed by atoms with van der Waals surface area (Å²) in [5.74, 6) is 0. The predicted molar refractivity (Wildman–Crippen MR) is 65.6 cm³/mol. The first-order valence-corrected chi connectivity index (χ1v) is 5.42. The standard InChI is InChI=1S/C14H20O/c1-12(15)11-14(2,3)10-9-13-7-5-4-6-8-13/h4-10,12,15H,11H2,1-3H3/b10-9+. The summed E-state index contributed by atoms with van der Waals surface area (Å²) in [4.78, 5) is 0. The number of benzene rings is 1. The zero-order valence-corrected chi connectivity index (χ0v) is 9.77. The number of hydrogen-bond donors (Lipinski definition) is 1. The van der Waals surface area contributed by atoms with Gasteiger partial charge in [0, 0.05) is 0 Å². The Hall–Kier alpha value is -1.08. The van der Waals surface area contributed by atoms with Crippen LogP contribution >= 0.6 is 0 Å². The highest BCUT2D eigenvalue weighted by atomic mass is 16.3. The molecule has 1 atom stereocenters. The summed E-state index contributed by atoms with van der Waals surface area (Å²) in [5.41, 5.74) is 1.25. The monoisotopic (exact) mass is 204 g/mol. The summed E-state index contributed by atoms with van der Waals surface area (Å²) in [6, 6.07) is 10.2. The van der Waals surface area contributed by atoms with Gasteiger partial charge in [0.15, 0.2) is 0 Å². The van der Waals surface area contributed by atoms with E-state index in [-0.39, 0.29) is 11.5 Å². The summed E-state index contributed by atoms with van der Waals surface area (Å²) >= 11 is 0. The van der Waals surface area contributed by atoms with Crippen molar-refractivity contribution in [2.45, 2.75) is 33.3 Å². The van der Waals surface area contributed by atoms with Crippen LogP contribution in [0.1, 0.15) is 32.8 Å². The number of aliphatic hydroxyl groups is 1. The molecule has 0 aliphatic heterocycles. The molecule has 0 aliphatic rings. The molecule has 0 aromatic heterocycles. The molecule has 1 nitrogen and oxygen atoms in total. The summed E-state index contributed by atoms with van der Waals surface area (Å²) in [5, 5.41) is 9.35. The van der Waals surface area contributed by atoms with Crippen molar-refractivity contribution in [3.63, 3.8) is 0 Å². The molecule has 0 saturated carbocycles. The third-order valence-electron chi connectivity index (χ3n) is 2.35. The quantitative estimate of drug-likeness (QED) is 0.796. The van der Waals surface area contributed by atoms with E-state index >= 15 is 0 Å². The molecule has 0 heterocycles. The Bertz CT molecular complexity index is 309. The molecule has 1 heteroatoms. The highest BCUT2D eigenvalue weighted by Crippen LogP contribution is 2.25. The zero-order chi connectivity index (χ0) is 11.3. The van der Waals surface area contributed by atoms with Crippen LogP contribution in [0.15, 0.2) is 36.4 Å². The Balaban J connectivity index is 2.64. The van der Waals surface area contributed by atoms with E-state index in [4.69, 9.17) is 0 Å². The van der Waals surface area contributed by atoms with Gasteiger partial charge < -0.3 is 5.11 Å². The molecule has 0 spiro atoms. The molecular weight excluding hydrogens is 184 g/mol. The Kier molecular flexibility index (Phi) is 4.10. The fourth-order valence-electron chi connectivity index (χ4n) is 1.72. The van der Waals surface area contributed by atoms with Gasteiger partial charge in [0.2, 0.25) is 0 Å². The van der Waals surface area contributed by atoms with Gasteiger partial charge in [0.25, 0.3) is 0 Å². The van der Waals surface area contributed by atoms with Crippen LogP contribution in [0.25, 0.3) is 6.08 Å². The van der Waals surface area contributed by atoms with Gasteiger partial charge in [-0.15, -0.1) is 0 Å². The van der Waals surface area contributed by atoms with Crippen LogP contribution in [0.5, 0.6) is 0 Å². The van der Waals surface area contributed by atoms with Crippen molar-refractivity contribution < 1.29 is 5.11 Å². The lowest BCUT2D eigenvalue weighted by atomic mass is 9.86. The van der Waals surface area contributed by atoms with Crippen LogP contribution < -0.4 is 0 Å². The van der Waals surface area contributed by atoms with Crippen molar-refractivity contribution in [2.24, 2.45) is 5.41 Å². The molecular formula is C14H20O. The Morgan fingerprint density at radius 1 is 1.27 bits per heavy atom. The van der Waals surface area contributed by atoms with E-state index in [0.29, 0.717) is 0 Å². The van der Waals surface area contributed by atoms with Crippen molar-refractivity contribution in [3.05, 3.63) is 42.0 Å². The molecule has 0 fully saturated rings. The fourth-order valence-corrected chi connectivity index (χ4v) is 1.72. The molecule has 0 amide bonds. The fraction of sp³-hybridized carbons (Fsp3) is 0.429. The van der Waals surface area contributed by atoms with Gasteiger partial charge >= 0.3 is 0 Å². The third kappa shape index (κ3) is 4.80. The Morgan fingerprint density at radius 3 is 2.40 bits per heavy atom. The van der Waals surface area contributed by atoms with Gasteiger partial charge in [-0.05, 0) is 24.3 Å². The van der Waals surface area contributed by atoms with Crippen LogP contribution in [0.2, 0.25) is 0 Å².